The molecule has 0 saturated carbocycles. The van der Waals surface area contributed by atoms with Gasteiger partial charge in [0, 0.05) is 5.69 Å². The summed E-state index contributed by atoms with van der Waals surface area (Å²) in [6.45, 7) is -1.29. The van der Waals surface area contributed by atoms with E-state index in [2.05, 4.69) is 15.7 Å². The summed E-state index contributed by atoms with van der Waals surface area (Å²) in [5.41, 5.74) is 2.66. The second-order valence-corrected chi connectivity index (χ2v) is 2.92. The van der Waals surface area contributed by atoms with Crippen molar-refractivity contribution >= 4 is 11.6 Å². The van der Waals surface area contributed by atoms with Crippen LogP contribution in [0.15, 0.2) is 35.3 Å². The van der Waals surface area contributed by atoms with Crippen LogP contribution in [0.25, 0.3) is 0 Å². The van der Waals surface area contributed by atoms with Crippen molar-refractivity contribution < 1.29 is 13.2 Å². The van der Waals surface area contributed by atoms with Gasteiger partial charge in [-0.1, -0.05) is 18.2 Å². The zero-order valence-electron chi connectivity index (χ0n) is 8.25. The Kier molecular flexibility index (Phi) is 4.12. The van der Waals surface area contributed by atoms with Gasteiger partial charge in [-0.15, -0.1) is 0 Å². The van der Waals surface area contributed by atoms with Gasteiger partial charge in [0.25, 0.3) is 0 Å². The van der Waals surface area contributed by atoms with Crippen LogP contribution in [0.2, 0.25) is 0 Å². The zero-order valence-corrected chi connectivity index (χ0v) is 8.25. The van der Waals surface area contributed by atoms with E-state index in [0.29, 0.717) is 5.69 Å². The van der Waals surface area contributed by atoms with Crippen molar-refractivity contribution in [3.05, 3.63) is 30.3 Å². The number of nitrogens with two attached hydrogens (primary N) is 1. The number of hydrogen-bond acceptors (Lipinski definition) is 2. The molecule has 1 rings (SSSR count). The summed E-state index contributed by atoms with van der Waals surface area (Å²) in [4.78, 5) is 3.25. The Labute approximate surface area is 90.3 Å². The minimum absolute atomic E-state index is 0.136. The molecule has 1 aromatic rings. The maximum atomic E-state index is 11.9. The summed E-state index contributed by atoms with van der Waals surface area (Å²) in [7, 11) is 0. The summed E-state index contributed by atoms with van der Waals surface area (Å²) < 4.78 is 35.7. The van der Waals surface area contributed by atoms with E-state index < -0.39 is 12.7 Å². The number of guanidine groups is 1. The molecule has 0 aromatic heterocycles. The molecule has 0 radical (unpaired) electrons. The van der Waals surface area contributed by atoms with Crippen molar-refractivity contribution in [2.24, 2.45) is 10.8 Å². The van der Waals surface area contributed by atoms with Crippen LogP contribution < -0.4 is 16.6 Å². The van der Waals surface area contributed by atoms with Gasteiger partial charge in [-0.2, -0.15) is 13.2 Å². The quantitative estimate of drug-likeness (QED) is 0.313. The fourth-order valence-corrected chi connectivity index (χ4v) is 0.948. The number of alkyl halides is 3. The molecule has 4 nitrogen and oxygen atoms in total. The molecular formula is C9H11F3N4. The van der Waals surface area contributed by atoms with Gasteiger partial charge < -0.3 is 5.32 Å². The normalized spacial score (nSPS) is 12.4. The van der Waals surface area contributed by atoms with E-state index in [1.54, 1.807) is 30.3 Å². The molecule has 88 valence electrons. The molecule has 0 amide bonds. The van der Waals surface area contributed by atoms with Gasteiger partial charge in [-0.05, 0) is 12.1 Å². The average Bonchev–Trinajstić information content (AvgIpc) is 2.24. The minimum Gasteiger partial charge on any atom is -0.325 e. The lowest BCUT2D eigenvalue weighted by Gasteiger charge is -2.09. The number of benzene rings is 1. The SMILES string of the molecule is NNC(=NCC(F)(F)F)Nc1ccccc1. The Balaban J connectivity index is 2.62. The molecule has 4 N–H and O–H groups in total. The first-order valence-electron chi connectivity index (χ1n) is 4.41. The highest BCUT2D eigenvalue weighted by atomic mass is 19.4. The van der Waals surface area contributed by atoms with Crippen molar-refractivity contribution in [2.75, 3.05) is 11.9 Å². The van der Waals surface area contributed by atoms with Crippen LogP contribution in [0.4, 0.5) is 18.9 Å². The third-order valence-electron chi connectivity index (χ3n) is 1.59. The Morgan fingerprint density at radius 2 is 1.88 bits per heavy atom. The van der Waals surface area contributed by atoms with Gasteiger partial charge in [0.05, 0.1) is 0 Å². The van der Waals surface area contributed by atoms with Crippen molar-refractivity contribution in [2.45, 2.75) is 6.18 Å². The van der Waals surface area contributed by atoms with Gasteiger partial charge >= 0.3 is 6.18 Å². The largest absolute Gasteiger partial charge is 0.408 e. The van der Waals surface area contributed by atoms with Gasteiger partial charge in [0.2, 0.25) is 5.96 Å². The number of nitrogens with one attached hydrogen (secondary N) is 2. The fraction of sp³-hybridized carbons (Fsp3) is 0.222. The van der Waals surface area contributed by atoms with Crippen molar-refractivity contribution in [3.63, 3.8) is 0 Å². The first-order chi connectivity index (χ1) is 7.51. The van der Waals surface area contributed by atoms with Crippen molar-refractivity contribution in [1.29, 1.82) is 0 Å². The molecule has 0 unspecified atom stereocenters. The molecule has 1 aromatic carbocycles. The summed E-state index contributed by atoms with van der Waals surface area (Å²) in [5.74, 6) is 4.90. The van der Waals surface area contributed by atoms with E-state index in [0.717, 1.165) is 0 Å². The number of aliphatic imine (C=N–C) groups is 1. The standard InChI is InChI=1S/C9H11F3N4/c10-9(11,12)6-14-8(16-13)15-7-4-2-1-3-5-7/h1-5H,6,13H2,(H2,14,15,16). The van der Waals surface area contributed by atoms with E-state index in [-0.39, 0.29) is 5.96 Å². The fourth-order valence-electron chi connectivity index (χ4n) is 0.948. The average molecular weight is 232 g/mol. The van der Waals surface area contributed by atoms with E-state index in [1.807, 2.05) is 0 Å². The number of hydrazine groups is 1. The van der Waals surface area contributed by atoms with Gasteiger partial charge in [0.1, 0.15) is 6.54 Å². The van der Waals surface area contributed by atoms with E-state index in [1.165, 1.54) is 0 Å². The summed E-state index contributed by atoms with van der Waals surface area (Å²) in [6, 6.07) is 8.62. The predicted octanol–water partition coefficient (Wildman–Crippen LogP) is 1.48. The van der Waals surface area contributed by atoms with Crippen molar-refractivity contribution in [1.82, 2.24) is 5.43 Å². The maximum absolute atomic E-state index is 11.9. The lowest BCUT2D eigenvalue weighted by molar-refractivity contribution is -0.118. The summed E-state index contributed by atoms with van der Waals surface area (Å²) >= 11 is 0. The van der Waals surface area contributed by atoms with E-state index in [4.69, 9.17) is 5.84 Å². The molecule has 0 aliphatic carbocycles. The van der Waals surface area contributed by atoms with Crippen LogP contribution in [0.3, 0.4) is 0 Å². The number of halogens is 3. The molecule has 16 heavy (non-hydrogen) atoms. The molecule has 0 spiro atoms. The second kappa shape index (κ2) is 5.36. The maximum Gasteiger partial charge on any atom is 0.408 e. The van der Waals surface area contributed by atoms with Gasteiger partial charge in [-0.3, -0.25) is 5.43 Å². The third kappa shape index (κ3) is 4.65. The molecule has 0 atom stereocenters. The van der Waals surface area contributed by atoms with Crippen LogP contribution in [0.5, 0.6) is 0 Å². The summed E-state index contributed by atoms with van der Waals surface area (Å²) in [6.07, 6.45) is -4.35. The van der Waals surface area contributed by atoms with E-state index >= 15 is 0 Å². The Bertz CT molecular complexity index is 348. The van der Waals surface area contributed by atoms with Crippen LogP contribution in [-0.2, 0) is 0 Å². The minimum atomic E-state index is -4.35. The van der Waals surface area contributed by atoms with Crippen molar-refractivity contribution in [3.8, 4) is 0 Å². The second-order valence-electron chi connectivity index (χ2n) is 2.92. The van der Waals surface area contributed by atoms with Crippen LogP contribution >= 0.6 is 0 Å². The van der Waals surface area contributed by atoms with Gasteiger partial charge in [-0.25, -0.2) is 10.8 Å². The number of nitrogens with zero attached hydrogens (tertiary/aromatic N) is 1. The Morgan fingerprint density at radius 1 is 1.25 bits per heavy atom. The highest BCUT2D eigenvalue weighted by molar-refractivity contribution is 5.93. The molecule has 0 aliphatic rings. The van der Waals surface area contributed by atoms with Gasteiger partial charge in [0.15, 0.2) is 0 Å². The Hall–Kier alpha value is -1.76. The lowest BCUT2D eigenvalue weighted by Crippen LogP contribution is -2.37. The molecule has 0 heterocycles. The highest BCUT2D eigenvalue weighted by Crippen LogP contribution is 2.14. The van der Waals surface area contributed by atoms with Crippen LogP contribution in [0.1, 0.15) is 0 Å². The molecule has 0 saturated heterocycles. The van der Waals surface area contributed by atoms with E-state index in [9.17, 15) is 13.2 Å². The monoisotopic (exact) mass is 232 g/mol. The first kappa shape index (κ1) is 12.3. The topological polar surface area (TPSA) is 62.4 Å². The third-order valence-corrected chi connectivity index (χ3v) is 1.59. The lowest BCUT2D eigenvalue weighted by atomic mass is 10.3. The first-order valence-corrected chi connectivity index (χ1v) is 4.41. The number of para-hydroxylation sites is 1. The van der Waals surface area contributed by atoms with Crippen LogP contribution in [-0.4, -0.2) is 18.7 Å². The molecule has 0 fully saturated rings. The number of hydrogen-bond donors (Lipinski definition) is 3. The number of rotatable bonds is 2. The smallest absolute Gasteiger partial charge is 0.325 e. The Morgan fingerprint density at radius 3 is 2.38 bits per heavy atom. The predicted molar refractivity (Wildman–Crippen MR) is 55.7 cm³/mol. The molecule has 7 heteroatoms. The highest BCUT2D eigenvalue weighted by Gasteiger charge is 2.26. The summed E-state index contributed by atoms with van der Waals surface area (Å²) in [5, 5.41) is 2.62. The van der Waals surface area contributed by atoms with Crippen LogP contribution in [0, 0.1) is 0 Å². The molecular weight excluding hydrogens is 221 g/mol. The molecule has 0 bridgehead atoms. The zero-order chi connectivity index (χ0) is 12.0. The number of anilines is 1. The molecule has 0 aliphatic heterocycles.